The molecule has 1 saturated heterocycles. The first kappa shape index (κ1) is 23.7. The van der Waals surface area contributed by atoms with Gasteiger partial charge < -0.3 is 19.4 Å². The highest BCUT2D eigenvalue weighted by Gasteiger charge is 2.53. The van der Waals surface area contributed by atoms with Crippen LogP contribution in [0.15, 0.2) is 53.2 Å². The van der Waals surface area contributed by atoms with Crippen LogP contribution in [-0.4, -0.2) is 51.2 Å². The van der Waals surface area contributed by atoms with Crippen LogP contribution in [0, 0.1) is 5.92 Å². The van der Waals surface area contributed by atoms with Crippen LogP contribution in [0.4, 0.5) is 4.79 Å². The summed E-state index contributed by atoms with van der Waals surface area (Å²) in [5.41, 5.74) is 2.22. The first-order valence-electron chi connectivity index (χ1n) is 12.3. The van der Waals surface area contributed by atoms with E-state index in [-0.39, 0.29) is 24.8 Å². The maximum atomic E-state index is 13.2. The van der Waals surface area contributed by atoms with Crippen LogP contribution < -0.4 is 15.4 Å². The van der Waals surface area contributed by atoms with Crippen molar-refractivity contribution in [2.75, 3.05) is 13.7 Å². The van der Waals surface area contributed by atoms with Crippen LogP contribution in [0.5, 0.6) is 5.75 Å². The lowest BCUT2D eigenvalue weighted by Crippen LogP contribution is -2.52. The van der Waals surface area contributed by atoms with E-state index in [9.17, 15) is 14.4 Å². The molecule has 5 heterocycles. The minimum Gasteiger partial charge on any atom is -0.497 e. The molecule has 11 heteroatoms. The maximum Gasteiger partial charge on any atom is 0.322 e. The van der Waals surface area contributed by atoms with E-state index in [4.69, 9.17) is 14.1 Å². The Hall–Kier alpha value is -4.67. The topological polar surface area (TPSA) is 132 Å². The summed E-state index contributed by atoms with van der Waals surface area (Å²) >= 11 is 0. The Morgan fingerprint density at radius 1 is 1.16 bits per heavy atom. The fourth-order valence-electron chi connectivity index (χ4n) is 5.00. The second kappa shape index (κ2) is 8.72. The Labute approximate surface area is 217 Å². The number of nitrogens with one attached hydrogen (secondary N) is 2. The Balaban J connectivity index is 1.34. The minimum absolute atomic E-state index is 0.116. The van der Waals surface area contributed by atoms with Crippen molar-refractivity contribution in [2.24, 2.45) is 5.92 Å². The van der Waals surface area contributed by atoms with Crippen LogP contribution in [0.25, 0.3) is 22.4 Å². The molecule has 0 bridgehead atoms. The summed E-state index contributed by atoms with van der Waals surface area (Å²) in [4.78, 5) is 45.0. The summed E-state index contributed by atoms with van der Waals surface area (Å²) in [6.45, 7) is 5.21. The number of methoxy groups -OCH3 is 1. The monoisotopic (exact) mass is 514 g/mol. The number of hydrogen-bond acceptors (Lipinski definition) is 7. The van der Waals surface area contributed by atoms with Crippen LogP contribution in [-0.2, 0) is 23.4 Å². The lowest BCUT2D eigenvalue weighted by atomic mass is 9.95. The normalized spacial score (nSPS) is 18.8. The molecule has 0 aliphatic carbocycles. The predicted octanol–water partition coefficient (Wildman–Crippen LogP) is 3.05. The molecule has 4 amide bonds. The van der Waals surface area contributed by atoms with Gasteiger partial charge >= 0.3 is 6.03 Å². The number of carbonyl (C=O) groups is 3. The SMILES string of the molecule is COc1ccc2c(c1)C(=O)N(C[C@@]1(c3cc4nc(-c5cnn(CC(C)C)c5)ccc4o3)NC(=O)NC1=O)C2. The van der Waals surface area contributed by atoms with Crippen molar-refractivity contribution in [1.29, 1.82) is 0 Å². The number of hydrogen-bond donors (Lipinski definition) is 2. The van der Waals surface area contributed by atoms with Gasteiger partial charge in [-0.05, 0) is 35.7 Å². The third kappa shape index (κ3) is 3.87. The van der Waals surface area contributed by atoms with Crippen molar-refractivity contribution >= 4 is 28.9 Å². The van der Waals surface area contributed by atoms with Crippen LogP contribution in [0.2, 0.25) is 0 Å². The molecule has 0 spiro atoms. The molecule has 2 aliphatic heterocycles. The molecule has 1 fully saturated rings. The van der Waals surface area contributed by atoms with Gasteiger partial charge in [-0.3, -0.25) is 19.6 Å². The predicted molar refractivity (Wildman–Crippen MR) is 136 cm³/mol. The van der Waals surface area contributed by atoms with E-state index in [0.29, 0.717) is 34.0 Å². The molecule has 0 unspecified atom stereocenters. The van der Waals surface area contributed by atoms with Gasteiger partial charge in [0.25, 0.3) is 11.8 Å². The van der Waals surface area contributed by atoms with E-state index in [1.807, 2.05) is 23.0 Å². The minimum atomic E-state index is -1.61. The fourth-order valence-corrected chi connectivity index (χ4v) is 5.00. The maximum absolute atomic E-state index is 13.2. The number of imide groups is 1. The summed E-state index contributed by atoms with van der Waals surface area (Å²) < 4.78 is 13.2. The van der Waals surface area contributed by atoms with E-state index >= 15 is 0 Å². The summed E-state index contributed by atoms with van der Waals surface area (Å²) in [6.07, 6.45) is 3.70. The van der Waals surface area contributed by atoms with Crippen molar-refractivity contribution in [1.82, 2.24) is 30.3 Å². The zero-order valence-electron chi connectivity index (χ0n) is 21.1. The molecule has 3 aromatic heterocycles. The van der Waals surface area contributed by atoms with Crippen LogP contribution in [0.3, 0.4) is 0 Å². The number of rotatable bonds is 7. The van der Waals surface area contributed by atoms with Crippen molar-refractivity contribution < 1.29 is 23.5 Å². The number of aromatic nitrogens is 3. The van der Waals surface area contributed by atoms with Crippen LogP contribution in [0.1, 0.15) is 35.5 Å². The molecule has 2 aliphatic rings. The smallest absolute Gasteiger partial charge is 0.322 e. The van der Waals surface area contributed by atoms with E-state index in [1.165, 1.54) is 12.0 Å². The second-order valence-electron chi connectivity index (χ2n) is 10.0. The molecular weight excluding hydrogens is 488 g/mol. The third-order valence-corrected chi connectivity index (χ3v) is 6.84. The zero-order chi connectivity index (χ0) is 26.6. The average molecular weight is 515 g/mol. The molecular formula is C27H26N6O5. The number of ether oxygens (including phenoxy) is 1. The first-order valence-corrected chi connectivity index (χ1v) is 12.3. The summed E-state index contributed by atoms with van der Waals surface area (Å²) in [5, 5.41) is 9.41. The molecule has 6 rings (SSSR count). The second-order valence-corrected chi connectivity index (χ2v) is 10.0. The van der Waals surface area contributed by atoms with Gasteiger partial charge in [-0.15, -0.1) is 0 Å². The fraction of sp³-hybridized carbons (Fsp3) is 0.296. The highest BCUT2D eigenvalue weighted by atomic mass is 16.5. The number of benzene rings is 1. The highest BCUT2D eigenvalue weighted by molar-refractivity contribution is 6.08. The molecule has 194 valence electrons. The van der Waals surface area contributed by atoms with E-state index in [0.717, 1.165) is 17.7 Å². The Bertz CT molecular complexity index is 1600. The van der Waals surface area contributed by atoms with Crippen molar-refractivity contribution in [2.45, 2.75) is 32.5 Å². The molecule has 11 nitrogen and oxygen atoms in total. The standard InChI is InChI=1S/C27H26N6O5/c1-15(2)11-33-13-17(10-28-33)20-6-7-22-21(29-20)9-23(38-22)27(25(35)30-26(36)31-27)14-32-12-16-4-5-18(37-3)8-19(16)24(32)34/h4-10,13,15H,11-12,14H2,1-3H3,(H2,30,31,35,36)/t27-/m0/s1. The summed E-state index contributed by atoms with van der Waals surface area (Å²) in [7, 11) is 1.53. The number of urea groups is 1. The van der Waals surface area contributed by atoms with E-state index < -0.39 is 17.5 Å². The zero-order valence-corrected chi connectivity index (χ0v) is 21.1. The number of nitrogens with zero attached hydrogens (tertiary/aromatic N) is 4. The highest BCUT2D eigenvalue weighted by Crippen LogP contribution is 2.35. The first-order chi connectivity index (χ1) is 18.3. The molecule has 2 N–H and O–H groups in total. The van der Waals surface area contributed by atoms with Gasteiger partial charge in [0.05, 0.1) is 25.5 Å². The molecule has 38 heavy (non-hydrogen) atoms. The van der Waals surface area contributed by atoms with Gasteiger partial charge in [0.2, 0.25) is 0 Å². The Kier molecular flexibility index (Phi) is 5.44. The van der Waals surface area contributed by atoms with Gasteiger partial charge in [0, 0.05) is 36.5 Å². The third-order valence-electron chi connectivity index (χ3n) is 6.84. The number of carbonyl (C=O) groups excluding carboxylic acids is 3. The number of amides is 4. The summed E-state index contributed by atoms with van der Waals surface area (Å²) in [6, 6.07) is 9.85. The molecule has 0 radical (unpaired) electrons. The van der Waals surface area contributed by atoms with E-state index in [1.54, 1.807) is 30.5 Å². The van der Waals surface area contributed by atoms with E-state index in [2.05, 4.69) is 29.6 Å². The molecule has 0 saturated carbocycles. The molecule has 4 aromatic rings. The van der Waals surface area contributed by atoms with Crippen molar-refractivity contribution in [3.05, 3.63) is 65.7 Å². The van der Waals surface area contributed by atoms with Gasteiger partial charge in [0.15, 0.2) is 11.1 Å². The number of furan rings is 1. The van der Waals surface area contributed by atoms with Crippen molar-refractivity contribution in [3.8, 4) is 17.0 Å². The van der Waals surface area contributed by atoms with Gasteiger partial charge in [0.1, 0.15) is 17.0 Å². The quantitative estimate of drug-likeness (QED) is 0.362. The largest absolute Gasteiger partial charge is 0.497 e. The van der Waals surface area contributed by atoms with Crippen molar-refractivity contribution in [3.63, 3.8) is 0 Å². The van der Waals surface area contributed by atoms with Gasteiger partial charge in [-0.1, -0.05) is 19.9 Å². The van der Waals surface area contributed by atoms with Gasteiger partial charge in [-0.2, -0.15) is 5.10 Å². The lowest BCUT2D eigenvalue weighted by molar-refractivity contribution is -0.125. The Morgan fingerprint density at radius 3 is 2.74 bits per heavy atom. The summed E-state index contributed by atoms with van der Waals surface area (Å²) in [5.74, 6) is 0.350. The van der Waals surface area contributed by atoms with Crippen LogP contribution >= 0.6 is 0 Å². The lowest BCUT2D eigenvalue weighted by Gasteiger charge is -2.28. The number of fused-ring (bicyclic) bond motifs is 2. The van der Waals surface area contributed by atoms with Gasteiger partial charge in [-0.25, -0.2) is 9.78 Å². The average Bonchev–Trinajstić information content (AvgIpc) is 3.65. The molecule has 1 aromatic carbocycles. The number of pyridine rings is 1. The Morgan fingerprint density at radius 2 is 2.00 bits per heavy atom. The molecule has 1 atom stereocenters.